The maximum Gasteiger partial charge on any atom is 0.246 e. The number of carbonyl (C=O) groups is 1. The van der Waals surface area contributed by atoms with Gasteiger partial charge >= 0.3 is 0 Å². The summed E-state index contributed by atoms with van der Waals surface area (Å²) in [6.07, 6.45) is 6.52. The lowest BCUT2D eigenvalue weighted by molar-refractivity contribution is -0.125. The van der Waals surface area contributed by atoms with Gasteiger partial charge in [-0.25, -0.2) is 4.98 Å². The number of aryl methyl sites for hydroxylation is 1. The lowest BCUT2D eigenvalue weighted by Crippen LogP contribution is -2.49. The normalized spacial score (nSPS) is 24.8. The summed E-state index contributed by atoms with van der Waals surface area (Å²) < 4.78 is 5.31. The van der Waals surface area contributed by atoms with Gasteiger partial charge in [-0.15, -0.1) is 11.3 Å². The van der Waals surface area contributed by atoms with Gasteiger partial charge in [0.25, 0.3) is 0 Å². The number of methoxy groups -OCH3 is 1. The number of hydrogen-bond donors (Lipinski definition) is 1. The number of ether oxygens (including phenoxy) is 1. The average Bonchev–Trinajstić information content (AvgIpc) is 3.45. The highest BCUT2D eigenvalue weighted by Crippen LogP contribution is 2.49. The minimum Gasteiger partial charge on any atom is -0.389 e. The summed E-state index contributed by atoms with van der Waals surface area (Å²) in [5.41, 5.74) is 8.10. The Morgan fingerprint density at radius 1 is 1.22 bits per heavy atom. The van der Waals surface area contributed by atoms with Gasteiger partial charge < -0.3 is 39.8 Å². The molecular formula is C35H50N10O3S. The first-order valence-corrected chi connectivity index (χ1v) is 18.3. The first-order valence-electron chi connectivity index (χ1n) is 17.5. The van der Waals surface area contributed by atoms with Crippen LogP contribution in [0.3, 0.4) is 0 Å². The number of hydrogen-bond acceptors (Lipinski definition) is 13. The van der Waals surface area contributed by atoms with Crippen molar-refractivity contribution in [3.05, 3.63) is 40.4 Å². The summed E-state index contributed by atoms with van der Waals surface area (Å²) >= 11 is 1.52. The van der Waals surface area contributed by atoms with Crippen LogP contribution in [0, 0.1) is 11.3 Å². The Kier molecular flexibility index (Phi) is 10.6. The van der Waals surface area contributed by atoms with Crippen molar-refractivity contribution in [2.75, 3.05) is 88.7 Å². The number of anilines is 3. The van der Waals surface area contributed by atoms with E-state index >= 15 is 0 Å². The van der Waals surface area contributed by atoms with Crippen molar-refractivity contribution >= 4 is 39.8 Å². The molecule has 13 nitrogen and oxygen atoms in total. The van der Waals surface area contributed by atoms with E-state index in [1.54, 1.807) is 7.11 Å². The monoisotopic (exact) mass is 690 g/mol. The highest BCUT2D eigenvalue weighted by atomic mass is 32.1. The maximum absolute atomic E-state index is 12.5. The number of thiophene rings is 1. The number of nitrogens with two attached hydrogens (primary N) is 1. The molecule has 3 atom stereocenters. The van der Waals surface area contributed by atoms with Crippen LogP contribution in [0.1, 0.15) is 67.6 Å². The van der Waals surface area contributed by atoms with Crippen LogP contribution in [0.4, 0.5) is 16.8 Å². The van der Waals surface area contributed by atoms with E-state index in [4.69, 9.17) is 25.3 Å². The number of rotatable bonds is 9. The van der Waals surface area contributed by atoms with E-state index in [0.29, 0.717) is 47.7 Å². The van der Waals surface area contributed by atoms with Crippen molar-refractivity contribution in [2.45, 2.75) is 70.1 Å². The molecule has 1 amide bonds. The van der Waals surface area contributed by atoms with Gasteiger partial charge in [0, 0.05) is 83.6 Å². The second-order valence-electron chi connectivity index (χ2n) is 13.8. The third kappa shape index (κ3) is 6.93. The van der Waals surface area contributed by atoms with Crippen LogP contribution in [-0.4, -0.2) is 122 Å². The third-order valence-corrected chi connectivity index (χ3v) is 11.6. The molecule has 2 fully saturated rings. The van der Waals surface area contributed by atoms with Crippen molar-refractivity contribution in [3.8, 4) is 6.07 Å². The molecule has 5 heterocycles. The van der Waals surface area contributed by atoms with Crippen molar-refractivity contribution < 1.29 is 14.4 Å². The molecule has 2 N–H and O–H groups in total. The molecule has 0 aromatic carbocycles. The molecule has 0 saturated carbocycles. The largest absolute Gasteiger partial charge is 0.389 e. The molecule has 2 saturated heterocycles. The number of oxime groups is 1. The van der Waals surface area contributed by atoms with Crippen molar-refractivity contribution in [1.29, 1.82) is 5.26 Å². The molecule has 2 aromatic rings. The predicted octanol–water partition coefficient (Wildman–Crippen LogP) is 3.40. The Labute approximate surface area is 293 Å². The highest BCUT2D eigenvalue weighted by molar-refractivity contribution is 7.16. The summed E-state index contributed by atoms with van der Waals surface area (Å²) in [5, 5.41) is 15.3. The Balaban J connectivity index is 1.32. The molecule has 264 valence electrons. The molecule has 3 aliphatic heterocycles. The van der Waals surface area contributed by atoms with Gasteiger partial charge in [-0.05, 0) is 70.6 Å². The second-order valence-corrected chi connectivity index (χ2v) is 15.0. The topological polar surface area (TPSA) is 140 Å². The standard InChI is InChI=1S/C35H50N10O3S/c1-6-29(46)44-16-9-15-43(18-19-44)28-21-26(38-34(39-28)45-17-8-13-42(23-24(45)2)14-10-20-47-5)32-40-48-33(41(32)4)35(3)12-7-11-27-30(35)25(22-36)31(37)49-27/h6,21,24,33H,1,7-20,23,37H2,2-5H3/t24-,33?,35-/m0/s1. The van der Waals surface area contributed by atoms with Gasteiger partial charge in [-0.3, -0.25) is 4.79 Å². The van der Waals surface area contributed by atoms with E-state index < -0.39 is 11.6 Å². The smallest absolute Gasteiger partial charge is 0.246 e. The summed E-state index contributed by atoms with van der Waals surface area (Å²) in [6.45, 7) is 15.3. The maximum atomic E-state index is 12.5. The fraction of sp³-hybridized carbons (Fsp3) is 0.629. The van der Waals surface area contributed by atoms with Crippen LogP contribution in [0.5, 0.6) is 0 Å². The van der Waals surface area contributed by atoms with Crippen LogP contribution in [0.25, 0.3) is 0 Å². The zero-order valence-electron chi connectivity index (χ0n) is 29.4. The molecule has 6 rings (SSSR count). The summed E-state index contributed by atoms with van der Waals surface area (Å²) in [7, 11) is 3.75. The molecule has 1 aliphatic carbocycles. The number of carbonyl (C=O) groups excluding carboxylic acids is 1. The number of amides is 1. The van der Waals surface area contributed by atoms with Gasteiger partial charge in [0.05, 0.1) is 11.0 Å². The minimum atomic E-state index is -0.483. The zero-order valence-corrected chi connectivity index (χ0v) is 30.2. The lowest BCUT2D eigenvalue weighted by atomic mass is 9.71. The van der Waals surface area contributed by atoms with Gasteiger partial charge in [0.2, 0.25) is 18.1 Å². The van der Waals surface area contributed by atoms with Crippen molar-refractivity contribution in [3.63, 3.8) is 0 Å². The summed E-state index contributed by atoms with van der Waals surface area (Å²) in [6, 6.07) is 4.58. The number of fused-ring (bicyclic) bond motifs is 1. The Morgan fingerprint density at radius 2 is 2.04 bits per heavy atom. The van der Waals surface area contributed by atoms with E-state index in [9.17, 15) is 10.1 Å². The van der Waals surface area contributed by atoms with Crippen LogP contribution in [0.15, 0.2) is 23.9 Å². The molecule has 49 heavy (non-hydrogen) atoms. The number of amidine groups is 1. The number of nitriles is 1. The summed E-state index contributed by atoms with van der Waals surface area (Å²) in [5.74, 6) is 2.07. The predicted molar refractivity (Wildman–Crippen MR) is 193 cm³/mol. The fourth-order valence-corrected chi connectivity index (χ4v) is 9.20. The zero-order chi connectivity index (χ0) is 34.7. The fourth-order valence-electron chi connectivity index (χ4n) is 8.00. The van der Waals surface area contributed by atoms with Crippen molar-refractivity contribution in [1.82, 2.24) is 24.7 Å². The lowest BCUT2D eigenvalue weighted by Gasteiger charge is -2.40. The quantitative estimate of drug-likeness (QED) is 0.306. The number of aromatic nitrogens is 2. The number of nitrogen functional groups attached to an aromatic ring is 1. The van der Waals surface area contributed by atoms with E-state index in [2.05, 4.69) is 51.3 Å². The van der Waals surface area contributed by atoms with Crippen LogP contribution in [-0.2, 0) is 26.2 Å². The van der Waals surface area contributed by atoms with Gasteiger partial charge in [0.15, 0.2) is 5.84 Å². The molecule has 4 aliphatic rings. The molecule has 0 spiro atoms. The van der Waals surface area contributed by atoms with Gasteiger partial charge in [-0.1, -0.05) is 11.7 Å². The van der Waals surface area contributed by atoms with E-state index in [1.165, 1.54) is 17.4 Å². The molecule has 14 heteroatoms. The van der Waals surface area contributed by atoms with Crippen molar-refractivity contribution in [2.24, 2.45) is 5.16 Å². The van der Waals surface area contributed by atoms with Gasteiger partial charge in [0.1, 0.15) is 22.6 Å². The third-order valence-electron chi connectivity index (χ3n) is 10.5. The van der Waals surface area contributed by atoms with Crippen LogP contribution < -0.4 is 15.5 Å². The van der Waals surface area contributed by atoms with Crippen LogP contribution >= 0.6 is 11.3 Å². The second kappa shape index (κ2) is 14.9. The molecule has 1 unspecified atom stereocenters. The molecule has 0 bridgehead atoms. The van der Waals surface area contributed by atoms with E-state index in [-0.39, 0.29) is 11.9 Å². The Bertz CT molecular complexity index is 1610. The van der Waals surface area contributed by atoms with E-state index in [0.717, 1.165) is 94.1 Å². The summed E-state index contributed by atoms with van der Waals surface area (Å²) in [4.78, 5) is 41.3. The SMILES string of the molecule is C=CC(=O)N1CCCN(c2cc(C3=NOC([C@@]4(C)CCCc5sc(N)c(C#N)c54)N3C)nc(N3CCCN(CCCOC)C[C@@H]3C)n2)CC1. The highest BCUT2D eigenvalue weighted by Gasteiger charge is 2.50. The number of nitrogens with zero attached hydrogens (tertiary/aromatic N) is 9. The molecule has 2 aromatic heterocycles. The Hall–Kier alpha value is -3.93. The number of likely N-dealkylation sites (N-methyl/N-ethyl adjacent to an activating group) is 1. The first kappa shape index (κ1) is 34.9. The van der Waals surface area contributed by atoms with E-state index in [1.807, 2.05) is 18.0 Å². The molecular weight excluding hydrogens is 641 g/mol. The molecule has 0 radical (unpaired) electrons. The van der Waals surface area contributed by atoms with Crippen LogP contribution in [0.2, 0.25) is 0 Å². The average molecular weight is 691 g/mol. The van der Waals surface area contributed by atoms with Gasteiger partial charge in [-0.2, -0.15) is 10.2 Å². The first-order chi connectivity index (χ1) is 23.7. The minimum absolute atomic E-state index is 0.0456. The Morgan fingerprint density at radius 3 is 2.82 bits per heavy atom.